The Hall–Kier alpha value is -3.02. The van der Waals surface area contributed by atoms with Crippen LogP contribution in [0.5, 0.6) is 5.75 Å². The van der Waals surface area contributed by atoms with Gasteiger partial charge in [0, 0.05) is 29.7 Å². The van der Waals surface area contributed by atoms with E-state index >= 15 is 0 Å². The van der Waals surface area contributed by atoms with Gasteiger partial charge < -0.3 is 14.6 Å². The highest BCUT2D eigenvalue weighted by Gasteiger charge is 2.32. The van der Waals surface area contributed by atoms with Gasteiger partial charge in [-0.1, -0.05) is 6.07 Å². The van der Waals surface area contributed by atoms with Crippen molar-refractivity contribution in [1.82, 2.24) is 14.8 Å². The Morgan fingerprint density at radius 3 is 2.60 bits per heavy atom. The lowest BCUT2D eigenvalue weighted by Gasteiger charge is -2.11. The van der Waals surface area contributed by atoms with Gasteiger partial charge in [0.15, 0.2) is 0 Å². The zero-order chi connectivity index (χ0) is 18.1. The topological polar surface area (TPSA) is 63.6 Å². The number of hydrogen-bond acceptors (Lipinski definition) is 3. The van der Waals surface area contributed by atoms with E-state index < -0.39 is 0 Å². The van der Waals surface area contributed by atoms with Gasteiger partial charge in [-0.2, -0.15) is 0 Å². The highest BCUT2D eigenvalue weighted by Crippen LogP contribution is 2.25. The van der Waals surface area contributed by atoms with Crippen molar-refractivity contribution in [2.45, 2.75) is 20.8 Å². The molecule has 1 aliphatic heterocycles. The molecule has 0 spiro atoms. The minimum Gasteiger partial charge on any atom is -0.497 e. The van der Waals surface area contributed by atoms with Crippen LogP contribution in [-0.4, -0.2) is 35.1 Å². The van der Waals surface area contributed by atoms with Crippen molar-refractivity contribution in [2.24, 2.45) is 0 Å². The van der Waals surface area contributed by atoms with Crippen molar-refractivity contribution in [3.05, 3.63) is 53.0 Å². The van der Waals surface area contributed by atoms with Gasteiger partial charge in [0.2, 0.25) is 0 Å². The Balaban J connectivity index is 2.02. The van der Waals surface area contributed by atoms with Crippen LogP contribution >= 0.6 is 0 Å². The highest BCUT2D eigenvalue weighted by atomic mass is 16.5. The van der Waals surface area contributed by atoms with E-state index in [9.17, 15) is 9.59 Å². The Morgan fingerprint density at radius 2 is 1.96 bits per heavy atom. The van der Waals surface area contributed by atoms with E-state index in [4.69, 9.17) is 4.74 Å². The number of aromatic nitrogens is 1. The first kappa shape index (κ1) is 16.8. The molecule has 1 fully saturated rings. The number of nitrogens with one attached hydrogen (secondary N) is 1. The number of amides is 3. The molecule has 6 nitrogen and oxygen atoms in total. The second-order valence-electron chi connectivity index (χ2n) is 5.90. The fourth-order valence-electron chi connectivity index (χ4n) is 3.09. The number of nitrogens with zero attached hydrogens (tertiary/aromatic N) is 2. The molecule has 3 rings (SSSR count). The van der Waals surface area contributed by atoms with E-state index in [-0.39, 0.29) is 11.9 Å². The first-order valence-corrected chi connectivity index (χ1v) is 8.14. The van der Waals surface area contributed by atoms with E-state index in [0.29, 0.717) is 12.2 Å². The summed E-state index contributed by atoms with van der Waals surface area (Å²) in [6.45, 7) is 6.11. The van der Waals surface area contributed by atoms with E-state index in [2.05, 4.69) is 9.88 Å². The molecule has 2 heterocycles. The van der Waals surface area contributed by atoms with E-state index in [1.165, 1.54) is 4.90 Å². The minimum absolute atomic E-state index is 0.293. The zero-order valence-corrected chi connectivity index (χ0v) is 14.8. The van der Waals surface area contributed by atoms with Crippen LogP contribution in [0.2, 0.25) is 0 Å². The third kappa shape index (κ3) is 2.91. The molecule has 1 saturated heterocycles. The van der Waals surface area contributed by atoms with Gasteiger partial charge in [0.05, 0.1) is 7.11 Å². The first-order valence-electron chi connectivity index (χ1n) is 8.14. The van der Waals surface area contributed by atoms with Crippen LogP contribution in [0.3, 0.4) is 0 Å². The lowest BCUT2D eigenvalue weighted by Crippen LogP contribution is -2.30. The summed E-state index contributed by atoms with van der Waals surface area (Å²) in [4.78, 5) is 25.2. The van der Waals surface area contributed by atoms with Crippen molar-refractivity contribution in [2.75, 3.05) is 13.7 Å². The molecule has 25 heavy (non-hydrogen) atoms. The fourth-order valence-corrected chi connectivity index (χ4v) is 3.09. The molecule has 0 atom stereocenters. The number of carbonyl (C=O) groups excluding carboxylic acids is 2. The predicted octanol–water partition coefficient (Wildman–Crippen LogP) is 3.02. The standard InChI is InChI=1S/C19H21N3O3/c1-5-21-18(23)17(20-19(21)24)10-14-9-12(2)22(13(14)3)15-7-6-8-16(11-15)25-4/h6-11H,5H2,1-4H3,(H,20,24)/b17-10-. The van der Waals surface area contributed by atoms with E-state index in [1.807, 2.05) is 44.2 Å². The molecular formula is C19H21N3O3. The second-order valence-corrected chi connectivity index (χ2v) is 5.90. The minimum atomic E-state index is -0.375. The van der Waals surface area contributed by atoms with Gasteiger partial charge in [-0.15, -0.1) is 0 Å². The van der Waals surface area contributed by atoms with E-state index in [1.54, 1.807) is 20.1 Å². The van der Waals surface area contributed by atoms with Gasteiger partial charge >= 0.3 is 6.03 Å². The van der Waals surface area contributed by atoms with Crippen LogP contribution in [0.25, 0.3) is 11.8 Å². The van der Waals surface area contributed by atoms with Crippen molar-refractivity contribution < 1.29 is 14.3 Å². The molecule has 1 N–H and O–H groups in total. The fraction of sp³-hybridized carbons (Fsp3) is 0.263. The number of benzene rings is 1. The molecule has 0 radical (unpaired) electrons. The number of ether oxygens (including phenoxy) is 1. The van der Waals surface area contributed by atoms with Crippen LogP contribution in [0.15, 0.2) is 36.0 Å². The summed E-state index contributed by atoms with van der Waals surface area (Å²) >= 11 is 0. The number of hydrogen-bond donors (Lipinski definition) is 1. The third-order valence-corrected chi connectivity index (χ3v) is 4.36. The van der Waals surface area contributed by atoms with Crippen LogP contribution in [0.1, 0.15) is 23.9 Å². The van der Waals surface area contributed by atoms with Gasteiger partial charge in [-0.3, -0.25) is 9.69 Å². The first-order chi connectivity index (χ1) is 12.0. The molecular weight excluding hydrogens is 318 g/mol. The number of imide groups is 1. The van der Waals surface area contributed by atoms with Gasteiger partial charge in [-0.25, -0.2) is 4.79 Å². The number of rotatable bonds is 4. The summed E-state index contributed by atoms with van der Waals surface area (Å²) in [5.41, 5.74) is 4.19. The summed E-state index contributed by atoms with van der Waals surface area (Å²) in [7, 11) is 1.64. The van der Waals surface area contributed by atoms with Crippen LogP contribution < -0.4 is 10.1 Å². The normalized spacial score (nSPS) is 15.8. The van der Waals surface area contributed by atoms with Crippen molar-refractivity contribution in [3.8, 4) is 11.4 Å². The van der Waals surface area contributed by atoms with Gasteiger partial charge in [0.1, 0.15) is 11.4 Å². The van der Waals surface area contributed by atoms with Crippen LogP contribution in [-0.2, 0) is 4.79 Å². The third-order valence-electron chi connectivity index (χ3n) is 4.36. The quantitative estimate of drug-likeness (QED) is 0.688. The molecule has 1 aliphatic rings. The van der Waals surface area contributed by atoms with Gasteiger partial charge in [0.25, 0.3) is 5.91 Å². The maximum atomic E-state index is 12.3. The maximum Gasteiger partial charge on any atom is 0.328 e. The Morgan fingerprint density at radius 1 is 1.20 bits per heavy atom. The number of aryl methyl sites for hydroxylation is 1. The van der Waals surface area contributed by atoms with Crippen molar-refractivity contribution >= 4 is 18.0 Å². The van der Waals surface area contributed by atoms with Crippen LogP contribution in [0, 0.1) is 13.8 Å². The summed E-state index contributed by atoms with van der Waals surface area (Å²) in [6, 6.07) is 9.41. The molecule has 0 bridgehead atoms. The molecule has 6 heteroatoms. The molecule has 0 saturated carbocycles. The Bertz CT molecular complexity index is 880. The monoisotopic (exact) mass is 339 g/mol. The van der Waals surface area contributed by atoms with Crippen molar-refractivity contribution in [1.29, 1.82) is 0 Å². The van der Waals surface area contributed by atoms with E-state index in [0.717, 1.165) is 28.4 Å². The molecule has 0 aliphatic carbocycles. The average Bonchev–Trinajstić information content (AvgIpc) is 3.03. The highest BCUT2D eigenvalue weighted by molar-refractivity contribution is 6.14. The van der Waals surface area contributed by atoms with Crippen LogP contribution in [0.4, 0.5) is 4.79 Å². The lowest BCUT2D eigenvalue weighted by molar-refractivity contribution is -0.122. The SMILES string of the molecule is CCN1C(=O)N/C(=C\c2cc(C)n(-c3cccc(OC)c3)c2C)C1=O. The predicted molar refractivity (Wildman–Crippen MR) is 95.7 cm³/mol. The molecule has 2 aromatic rings. The van der Waals surface area contributed by atoms with Gasteiger partial charge in [-0.05, 0) is 50.6 Å². The smallest absolute Gasteiger partial charge is 0.328 e. The number of carbonyl (C=O) groups is 2. The average molecular weight is 339 g/mol. The zero-order valence-electron chi connectivity index (χ0n) is 14.8. The largest absolute Gasteiger partial charge is 0.497 e. The second kappa shape index (κ2) is 6.47. The summed E-state index contributed by atoms with van der Waals surface area (Å²) < 4.78 is 7.39. The summed E-state index contributed by atoms with van der Waals surface area (Å²) in [5.74, 6) is 0.486. The lowest BCUT2D eigenvalue weighted by atomic mass is 10.2. The molecule has 130 valence electrons. The number of urea groups is 1. The Kier molecular flexibility index (Phi) is 4.35. The van der Waals surface area contributed by atoms with Crippen molar-refractivity contribution in [3.63, 3.8) is 0 Å². The summed E-state index contributed by atoms with van der Waals surface area (Å²) in [6.07, 6.45) is 1.73. The Labute approximate surface area is 146 Å². The number of likely N-dealkylation sites (N-methyl/N-ethyl adjacent to an activating group) is 1. The molecule has 1 aromatic carbocycles. The number of methoxy groups -OCH3 is 1. The molecule has 3 amide bonds. The molecule has 1 aromatic heterocycles. The maximum absolute atomic E-state index is 12.3. The summed E-state index contributed by atoms with van der Waals surface area (Å²) in [5, 5.41) is 2.64. The molecule has 0 unspecified atom stereocenters.